The monoisotopic (exact) mass is 270 g/mol. The van der Waals surface area contributed by atoms with Crippen LogP contribution >= 0.6 is 0 Å². The summed E-state index contributed by atoms with van der Waals surface area (Å²) < 4.78 is 5.57. The van der Waals surface area contributed by atoms with Crippen molar-refractivity contribution in [3.63, 3.8) is 0 Å². The first kappa shape index (κ1) is 14.3. The number of rotatable bonds is 7. The Hall–Kier alpha value is -2.16. The lowest BCUT2D eigenvalue weighted by Gasteiger charge is -2.09. The maximum atomic E-state index is 5.57. The molecule has 0 spiro atoms. The summed E-state index contributed by atoms with van der Waals surface area (Å²) in [5.41, 5.74) is 3.28. The zero-order valence-corrected chi connectivity index (χ0v) is 12.1. The Labute approximate surface area is 121 Å². The molecule has 2 N–H and O–H groups in total. The molecule has 0 unspecified atom stereocenters. The Morgan fingerprint density at radius 3 is 1.90 bits per heavy atom. The summed E-state index contributed by atoms with van der Waals surface area (Å²) in [6, 6.07) is 16.3. The van der Waals surface area contributed by atoms with Gasteiger partial charge in [-0.05, 0) is 61.9 Å². The lowest BCUT2D eigenvalue weighted by Crippen LogP contribution is -1.97. The molecule has 2 rings (SSSR count). The van der Waals surface area contributed by atoms with Gasteiger partial charge in [0.15, 0.2) is 0 Å². The first-order valence-corrected chi connectivity index (χ1v) is 7.15. The second kappa shape index (κ2) is 7.43. The number of benzene rings is 2. The van der Waals surface area contributed by atoms with E-state index in [1.54, 1.807) is 0 Å². The van der Waals surface area contributed by atoms with E-state index in [1.165, 1.54) is 0 Å². The number of nitrogens with one attached hydrogen (secondary N) is 2. The highest BCUT2D eigenvalue weighted by Crippen LogP contribution is 2.21. The molecule has 3 nitrogen and oxygen atoms in total. The van der Waals surface area contributed by atoms with Crippen LogP contribution in [0.2, 0.25) is 0 Å². The summed E-state index contributed by atoms with van der Waals surface area (Å²) in [4.78, 5) is 0. The maximum Gasteiger partial charge on any atom is 0.119 e. The molecule has 0 saturated carbocycles. The fourth-order valence-corrected chi connectivity index (χ4v) is 1.90. The molecule has 0 saturated heterocycles. The molecule has 0 fully saturated rings. The van der Waals surface area contributed by atoms with Gasteiger partial charge < -0.3 is 15.4 Å². The highest BCUT2D eigenvalue weighted by Gasteiger charge is 1.97. The van der Waals surface area contributed by atoms with Crippen LogP contribution in [0.25, 0.3) is 0 Å². The van der Waals surface area contributed by atoms with Crippen LogP contribution in [0.3, 0.4) is 0 Å². The molecule has 0 aromatic heterocycles. The third kappa shape index (κ3) is 4.19. The predicted octanol–water partition coefficient (Wildman–Crippen LogP) is 4.65. The van der Waals surface area contributed by atoms with Crippen LogP contribution in [0, 0.1) is 0 Å². The quantitative estimate of drug-likeness (QED) is 0.768. The van der Waals surface area contributed by atoms with Crippen molar-refractivity contribution in [2.45, 2.75) is 20.3 Å². The molecule has 2 aromatic rings. The van der Waals surface area contributed by atoms with Gasteiger partial charge in [0.25, 0.3) is 0 Å². The van der Waals surface area contributed by atoms with Crippen molar-refractivity contribution >= 4 is 17.1 Å². The lowest BCUT2D eigenvalue weighted by molar-refractivity contribution is 0.317. The van der Waals surface area contributed by atoms with Gasteiger partial charge in [-0.3, -0.25) is 0 Å². The first-order valence-electron chi connectivity index (χ1n) is 7.15. The molecule has 106 valence electrons. The van der Waals surface area contributed by atoms with Crippen LogP contribution in [0.15, 0.2) is 48.5 Å². The van der Waals surface area contributed by atoms with Crippen molar-refractivity contribution < 1.29 is 4.74 Å². The Balaban J connectivity index is 1.95. The maximum absolute atomic E-state index is 5.57. The van der Waals surface area contributed by atoms with Gasteiger partial charge in [0.05, 0.1) is 6.61 Å². The summed E-state index contributed by atoms with van der Waals surface area (Å²) in [5, 5.41) is 6.65. The molecular formula is C17H22N2O. The molecule has 0 amide bonds. The molecular weight excluding hydrogens is 248 g/mol. The largest absolute Gasteiger partial charge is 0.494 e. The van der Waals surface area contributed by atoms with E-state index in [-0.39, 0.29) is 0 Å². The van der Waals surface area contributed by atoms with Crippen molar-refractivity contribution in [1.82, 2.24) is 0 Å². The van der Waals surface area contributed by atoms with Crippen molar-refractivity contribution in [3.8, 4) is 5.75 Å². The molecule has 0 atom stereocenters. The topological polar surface area (TPSA) is 33.3 Å². The van der Waals surface area contributed by atoms with Gasteiger partial charge in [-0.1, -0.05) is 6.92 Å². The Morgan fingerprint density at radius 2 is 1.35 bits per heavy atom. The number of anilines is 3. The van der Waals surface area contributed by atoms with Crippen molar-refractivity contribution in [2.75, 3.05) is 23.8 Å². The standard InChI is InChI=1S/C17H22N2O/c1-3-13-20-17-11-9-16(10-12-17)19-15-7-5-14(6-8-15)18-4-2/h5-12,18-19H,3-4,13H2,1-2H3. The van der Waals surface area contributed by atoms with Gasteiger partial charge in [0.2, 0.25) is 0 Å². The average Bonchev–Trinajstić information content (AvgIpc) is 2.49. The molecule has 3 heteroatoms. The van der Waals surface area contributed by atoms with Gasteiger partial charge >= 0.3 is 0 Å². The van der Waals surface area contributed by atoms with Crippen LogP contribution in [0.5, 0.6) is 5.75 Å². The molecule has 0 radical (unpaired) electrons. The number of hydrogen-bond donors (Lipinski definition) is 2. The van der Waals surface area contributed by atoms with Gasteiger partial charge in [-0.2, -0.15) is 0 Å². The van der Waals surface area contributed by atoms with E-state index in [9.17, 15) is 0 Å². The van der Waals surface area contributed by atoms with Crippen LogP contribution in [0.4, 0.5) is 17.1 Å². The summed E-state index contributed by atoms with van der Waals surface area (Å²) in [5.74, 6) is 0.917. The molecule has 0 heterocycles. The minimum absolute atomic E-state index is 0.763. The van der Waals surface area contributed by atoms with Gasteiger partial charge in [-0.25, -0.2) is 0 Å². The molecule has 0 aliphatic carbocycles. The zero-order chi connectivity index (χ0) is 14.2. The summed E-state index contributed by atoms with van der Waals surface area (Å²) in [6.45, 7) is 5.89. The smallest absolute Gasteiger partial charge is 0.119 e. The zero-order valence-electron chi connectivity index (χ0n) is 12.1. The molecule has 0 aliphatic rings. The fraction of sp³-hybridized carbons (Fsp3) is 0.294. The lowest BCUT2D eigenvalue weighted by atomic mass is 10.2. The second-order valence-corrected chi connectivity index (χ2v) is 4.61. The third-order valence-corrected chi connectivity index (χ3v) is 2.88. The van der Waals surface area contributed by atoms with Crippen LogP contribution in [-0.4, -0.2) is 13.2 Å². The van der Waals surface area contributed by atoms with E-state index in [0.29, 0.717) is 0 Å². The van der Waals surface area contributed by atoms with Crippen LogP contribution < -0.4 is 15.4 Å². The Morgan fingerprint density at radius 1 is 0.800 bits per heavy atom. The summed E-state index contributed by atoms with van der Waals surface area (Å²) >= 11 is 0. The average molecular weight is 270 g/mol. The van der Waals surface area contributed by atoms with Crippen molar-refractivity contribution in [3.05, 3.63) is 48.5 Å². The normalized spacial score (nSPS) is 10.1. The van der Waals surface area contributed by atoms with E-state index in [4.69, 9.17) is 4.74 Å². The van der Waals surface area contributed by atoms with Gasteiger partial charge in [0, 0.05) is 23.6 Å². The van der Waals surface area contributed by atoms with Crippen LogP contribution in [0.1, 0.15) is 20.3 Å². The number of hydrogen-bond acceptors (Lipinski definition) is 3. The highest BCUT2D eigenvalue weighted by atomic mass is 16.5. The Kier molecular flexibility index (Phi) is 5.30. The molecule has 0 aliphatic heterocycles. The van der Waals surface area contributed by atoms with Gasteiger partial charge in [-0.15, -0.1) is 0 Å². The SMILES string of the molecule is CCCOc1ccc(Nc2ccc(NCC)cc2)cc1. The van der Waals surface area contributed by atoms with E-state index >= 15 is 0 Å². The van der Waals surface area contributed by atoms with E-state index in [0.717, 1.165) is 42.4 Å². The van der Waals surface area contributed by atoms with Gasteiger partial charge in [0.1, 0.15) is 5.75 Å². The first-order chi connectivity index (χ1) is 9.81. The van der Waals surface area contributed by atoms with Crippen LogP contribution in [-0.2, 0) is 0 Å². The number of ether oxygens (including phenoxy) is 1. The second-order valence-electron chi connectivity index (χ2n) is 4.61. The van der Waals surface area contributed by atoms with E-state index in [2.05, 4.69) is 48.7 Å². The molecule has 20 heavy (non-hydrogen) atoms. The highest BCUT2D eigenvalue weighted by molar-refractivity contribution is 5.62. The minimum atomic E-state index is 0.763. The molecule has 0 bridgehead atoms. The summed E-state index contributed by atoms with van der Waals surface area (Å²) in [6.07, 6.45) is 1.03. The van der Waals surface area contributed by atoms with Crippen molar-refractivity contribution in [1.29, 1.82) is 0 Å². The van der Waals surface area contributed by atoms with E-state index < -0.39 is 0 Å². The third-order valence-electron chi connectivity index (χ3n) is 2.88. The summed E-state index contributed by atoms with van der Waals surface area (Å²) in [7, 11) is 0. The van der Waals surface area contributed by atoms with Crippen molar-refractivity contribution in [2.24, 2.45) is 0 Å². The van der Waals surface area contributed by atoms with E-state index in [1.807, 2.05) is 24.3 Å². The molecule has 2 aromatic carbocycles. The predicted molar refractivity (Wildman–Crippen MR) is 86.1 cm³/mol. The Bertz CT molecular complexity index is 506. The fourth-order valence-electron chi connectivity index (χ4n) is 1.90. The minimum Gasteiger partial charge on any atom is -0.494 e.